The second kappa shape index (κ2) is 21.4. The van der Waals surface area contributed by atoms with E-state index in [1.807, 2.05) is 60.7 Å². The van der Waals surface area contributed by atoms with Crippen molar-refractivity contribution in [2.75, 3.05) is 73.6 Å². The highest BCUT2D eigenvalue weighted by Crippen LogP contribution is 2.25. The van der Waals surface area contributed by atoms with Crippen LogP contribution >= 0.6 is 0 Å². The van der Waals surface area contributed by atoms with Crippen molar-refractivity contribution in [1.29, 1.82) is 0 Å². The fraction of sp³-hybridized carbons (Fsp3) is 0.382. The molecule has 3 aromatic carbocycles. The summed E-state index contributed by atoms with van der Waals surface area (Å²) >= 11 is 0. The van der Waals surface area contributed by atoms with Gasteiger partial charge >= 0.3 is 11.9 Å². The molecule has 3 rings (SSSR count). The first-order valence-electron chi connectivity index (χ1n) is 14.8. The molecule has 0 aliphatic carbocycles. The van der Waals surface area contributed by atoms with Gasteiger partial charge in [-0.05, 0) is 23.3 Å². The van der Waals surface area contributed by atoms with Gasteiger partial charge in [0, 0.05) is 7.05 Å². The van der Waals surface area contributed by atoms with E-state index in [-0.39, 0.29) is 62.4 Å². The number of hydrogen-bond acceptors (Lipinski definition) is 11. The number of hydroxylamine groups is 2. The standard InChI is InChI=1S/C34H41NO11/c1-35(39-2)31(36)26-43-21-20-41-17-16-40-18-19-42-22-23-44-30-15-9-14-29(33(37)45-24-27-10-5-3-6-11-27)32(30)34(38)46-25-28-12-7-4-8-13-28/h3-15H,16-26H2,1-2H3. The van der Waals surface area contributed by atoms with Gasteiger partial charge in [-0.2, -0.15) is 0 Å². The second-order valence-corrected chi connectivity index (χ2v) is 9.61. The Labute approximate surface area is 268 Å². The van der Waals surface area contributed by atoms with Crippen LogP contribution in [0.25, 0.3) is 0 Å². The third-order valence-corrected chi connectivity index (χ3v) is 6.33. The maximum atomic E-state index is 13.2. The smallest absolute Gasteiger partial charge is 0.343 e. The molecule has 0 aliphatic rings. The first-order valence-corrected chi connectivity index (χ1v) is 14.8. The Morgan fingerprint density at radius 3 is 1.63 bits per heavy atom. The minimum atomic E-state index is -0.707. The molecule has 0 aromatic heterocycles. The van der Waals surface area contributed by atoms with Crippen LogP contribution in [0.2, 0.25) is 0 Å². The summed E-state index contributed by atoms with van der Waals surface area (Å²) in [5.41, 5.74) is 1.65. The molecule has 0 N–H and O–H groups in total. The summed E-state index contributed by atoms with van der Waals surface area (Å²) in [6, 6.07) is 23.2. The van der Waals surface area contributed by atoms with Crippen molar-refractivity contribution in [3.63, 3.8) is 0 Å². The van der Waals surface area contributed by atoms with E-state index in [9.17, 15) is 14.4 Å². The van der Waals surface area contributed by atoms with E-state index in [0.29, 0.717) is 33.0 Å². The van der Waals surface area contributed by atoms with Crippen molar-refractivity contribution < 1.29 is 52.4 Å². The average Bonchev–Trinajstić information content (AvgIpc) is 3.09. The molecule has 1 amide bonds. The number of nitrogens with zero attached hydrogens (tertiary/aromatic N) is 1. The lowest BCUT2D eigenvalue weighted by atomic mass is 10.1. The molecule has 12 nitrogen and oxygen atoms in total. The monoisotopic (exact) mass is 639 g/mol. The number of likely N-dealkylation sites (N-methyl/N-ethyl adjacent to an activating group) is 1. The van der Waals surface area contributed by atoms with Gasteiger partial charge in [-0.25, -0.2) is 14.7 Å². The molecule has 0 bridgehead atoms. The molecule has 12 heteroatoms. The third kappa shape index (κ3) is 13.3. The Balaban J connectivity index is 1.40. The maximum absolute atomic E-state index is 13.2. The lowest BCUT2D eigenvalue weighted by Gasteiger charge is -2.15. The number of rotatable bonds is 22. The molecule has 0 atom stereocenters. The number of carbonyl (C=O) groups excluding carboxylic acids is 3. The SMILES string of the molecule is CON(C)C(=O)COCCOCCOCCOCCOc1cccc(C(=O)OCc2ccccc2)c1C(=O)OCc1ccccc1. The fourth-order valence-corrected chi connectivity index (χ4v) is 3.85. The Morgan fingerprint density at radius 2 is 1.09 bits per heavy atom. The quantitative estimate of drug-likeness (QED) is 0.0903. The highest BCUT2D eigenvalue weighted by molar-refractivity contribution is 6.05. The van der Waals surface area contributed by atoms with Gasteiger partial charge in [-0.3, -0.25) is 9.63 Å². The van der Waals surface area contributed by atoms with E-state index >= 15 is 0 Å². The highest BCUT2D eigenvalue weighted by Gasteiger charge is 2.25. The largest absolute Gasteiger partial charge is 0.490 e. The van der Waals surface area contributed by atoms with Crippen molar-refractivity contribution >= 4 is 17.8 Å². The van der Waals surface area contributed by atoms with Crippen molar-refractivity contribution in [1.82, 2.24) is 5.06 Å². The molecule has 248 valence electrons. The van der Waals surface area contributed by atoms with E-state index in [0.717, 1.165) is 16.2 Å². The fourth-order valence-electron chi connectivity index (χ4n) is 3.85. The predicted molar refractivity (Wildman–Crippen MR) is 166 cm³/mol. The van der Waals surface area contributed by atoms with Crippen LogP contribution in [0.4, 0.5) is 0 Å². The van der Waals surface area contributed by atoms with Crippen molar-refractivity contribution in [3.8, 4) is 5.75 Å². The maximum Gasteiger partial charge on any atom is 0.343 e. The van der Waals surface area contributed by atoms with Crippen LogP contribution in [0, 0.1) is 0 Å². The number of esters is 2. The zero-order valence-electron chi connectivity index (χ0n) is 26.2. The van der Waals surface area contributed by atoms with E-state index in [1.54, 1.807) is 12.1 Å². The summed E-state index contributed by atoms with van der Waals surface area (Å²) < 4.78 is 38.5. The van der Waals surface area contributed by atoms with Crippen molar-refractivity contribution in [2.45, 2.75) is 13.2 Å². The average molecular weight is 640 g/mol. The summed E-state index contributed by atoms with van der Waals surface area (Å²) in [4.78, 5) is 42.6. The number of carbonyl (C=O) groups is 3. The van der Waals surface area contributed by atoms with Gasteiger partial charge < -0.3 is 33.2 Å². The van der Waals surface area contributed by atoms with E-state index in [1.165, 1.54) is 20.2 Å². The van der Waals surface area contributed by atoms with E-state index in [4.69, 9.17) is 38.0 Å². The first kappa shape index (κ1) is 36.1. The van der Waals surface area contributed by atoms with Crippen LogP contribution in [-0.4, -0.2) is 96.5 Å². The van der Waals surface area contributed by atoms with Crippen molar-refractivity contribution in [3.05, 3.63) is 101 Å². The predicted octanol–water partition coefficient (Wildman–Crippen LogP) is 3.87. The molecule has 0 aliphatic heterocycles. The Morgan fingerprint density at radius 1 is 0.587 bits per heavy atom. The molecule has 3 aromatic rings. The number of amides is 1. The molecule has 0 saturated carbocycles. The van der Waals surface area contributed by atoms with Gasteiger partial charge in [0.2, 0.25) is 0 Å². The normalized spacial score (nSPS) is 10.7. The summed E-state index contributed by atoms with van der Waals surface area (Å²) in [5, 5.41) is 1.09. The Bertz CT molecular complexity index is 1320. The van der Waals surface area contributed by atoms with Crippen LogP contribution in [0.5, 0.6) is 5.75 Å². The van der Waals surface area contributed by atoms with Gasteiger partial charge in [0.05, 0.1) is 58.9 Å². The molecule has 0 unspecified atom stereocenters. The van der Waals surface area contributed by atoms with Gasteiger partial charge in [0.1, 0.15) is 37.7 Å². The summed E-state index contributed by atoms with van der Waals surface area (Å²) in [5.74, 6) is -1.48. The summed E-state index contributed by atoms with van der Waals surface area (Å²) in [6.45, 7) is 2.33. The van der Waals surface area contributed by atoms with Crippen molar-refractivity contribution in [2.24, 2.45) is 0 Å². The number of hydrogen-bond donors (Lipinski definition) is 0. The van der Waals surface area contributed by atoms with E-state index in [2.05, 4.69) is 0 Å². The Hall–Kier alpha value is -4.33. The minimum absolute atomic E-state index is 0.0147. The van der Waals surface area contributed by atoms with Crippen LogP contribution in [-0.2, 0) is 51.3 Å². The number of benzene rings is 3. The van der Waals surface area contributed by atoms with Gasteiger partial charge in [-0.1, -0.05) is 66.7 Å². The second-order valence-electron chi connectivity index (χ2n) is 9.61. The topological polar surface area (TPSA) is 128 Å². The lowest BCUT2D eigenvalue weighted by molar-refractivity contribution is -0.173. The zero-order chi connectivity index (χ0) is 32.8. The molecule has 0 fully saturated rings. The van der Waals surface area contributed by atoms with Gasteiger partial charge in [0.15, 0.2) is 0 Å². The number of ether oxygens (including phenoxy) is 7. The summed E-state index contributed by atoms with van der Waals surface area (Å²) in [6.07, 6.45) is 0. The highest BCUT2D eigenvalue weighted by atomic mass is 16.7. The van der Waals surface area contributed by atoms with Crippen LogP contribution in [0.3, 0.4) is 0 Å². The summed E-state index contributed by atoms with van der Waals surface area (Å²) in [7, 11) is 2.91. The van der Waals surface area contributed by atoms with Crippen LogP contribution < -0.4 is 4.74 Å². The molecule has 0 heterocycles. The minimum Gasteiger partial charge on any atom is -0.490 e. The van der Waals surface area contributed by atoms with E-state index < -0.39 is 11.9 Å². The molecule has 0 radical (unpaired) electrons. The molecule has 0 spiro atoms. The molecular weight excluding hydrogens is 598 g/mol. The lowest BCUT2D eigenvalue weighted by Crippen LogP contribution is -2.29. The Kier molecular flexibility index (Phi) is 16.8. The molecule has 0 saturated heterocycles. The third-order valence-electron chi connectivity index (χ3n) is 6.33. The molecule has 46 heavy (non-hydrogen) atoms. The van der Waals surface area contributed by atoms with Crippen LogP contribution in [0.15, 0.2) is 78.9 Å². The van der Waals surface area contributed by atoms with Crippen LogP contribution in [0.1, 0.15) is 31.8 Å². The molecular formula is C34H41NO11. The van der Waals surface area contributed by atoms with Gasteiger partial charge in [-0.15, -0.1) is 0 Å². The zero-order valence-corrected chi connectivity index (χ0v) is 26.2. The van der Waals surface area contributed by atoms with Gasteiger partial charge in [0.25, 0.3) is 5.91 Å². The first-order chi connectivity index (χ1) is 22.5.